The molecule has 0 saturated carbocycles. The molecule has 6 heteroatoms. The molecule has 0 aliphatic carbocycles. The standard InChI is InChI=1S/C15H18FNO4/c1-21-10-15(14(19)20)7-2-8-17(9-15)13(18)11-3-5-12(16)6-4-11/h3-6H,2,7-10H2,1H3,(H,19,20). The number of amides is 1. The molecule has 1 N–H and O–H groups in total. The minimum atomic E-state index is -1.07. The number of methoxy groups -OCH3 is 1. The van der Waals surface area contributed by atoms with Gasteiger partial charge >= 0.3 is 5.97 Å². The number of aliphatic carboxylic acids is 1. The molecule has 1 fully saturated rings. The summed E-state index contributed by atoms with van der Waals surface area (Å²) in [7, 11) is 1.45. The maximum Gasteiger partial charge on any atom is 0.313 e. The second-order valence-electron chi connectivity index (χ2n) is 5.36. The van der Waals surface area contributed by atoms with E-state index in [9.17, 15) is 19.1 Å². The summed E-state index contributed by atoms with van der Waals surface area (Å²) >= 11 is 0. The highest BCUT2D eigenvalue weighted by Crippen LogP contribution is 2.31. The summed E-state index contributed by atoms with van der Waals surface area (Å²) in [6, 6.07) is 5.25. The number of ether oxygens (including phenoxy) is 1. The summed E-state index contributed by atoms with van der Waals surface area (Å²) in [5.74, 6) is -1.65. The second-order valence-corrected chi connectivity index (χ2v) is 5.36. The Hall–Kier alpha value is -1.95. The van der Waals surface area contributed by atoms with Crippen molar-refractivity contribution in [1.82, 2.24) is 4.90 Å². The lowest BCUT2D eigenvalue weighted by atomic mass is 9.80. The van der Waals surface area contributed by atoms with Gasteiger partial charge in [0.1, 0.15) is 11.2 Å². The Morgan fingerprint density at radius 1 is 1.38 bits per heavy atom. The zero-order chi connectivity index (χ0) is 15.5. The number of carbonyl (C=O) groups is 2. The Kier molecular flexibility index (Phi) is 4.57. The SMILES string of the molecule is COCC1(C(=O)O)CCCN(C(=O)c2ccc(F)cc2)C1. The molecule has 114 valence electrons. The molecule has 0 bridgehead atoms. The largest absolute Gasteiger partial charge is 0.481 e. The van der Waals surface area contributed by atoms with Crippen LogP contribution in [0.2, 0.25) is 0 Å². The van der Waals surface area contributed by atoms with Gasteiger partial charge in [0.25, 0.3) is 5.91 Å². The fourth-order valence-corrected chi connectivity index (χ4v) is 2.71. The molecule has 1 unspecified atom stereocenters. The average molecular weight is 295 g/mol. The number of hydrogen-bond acceptors (Lipinski definition) is 3. The minimum Gasteiger partial charge on any atom is -0.481 e. The lowest BCUT2D eigenvalue weighted by Crippen LogP contribution is -2.52. The fraction of sp³-hybridized carbons (Fsp3) is 0.467. The minimum absolute atomic E-state index is 0.0650. The van der Waals surface area contributed by atoms with Crippen LogP contribution in [0.25, 0.3) is 0 Å². The Morgan fingerprint density at radius 3 is 2.62 bits per heavy atom. The molecular weight excluding hydrogens is 277 g/mol. The molecule has 1 atom stereocenters. The van der Waals surface area contributed by atoms with Crippen LogP contribution in [0.1, 0.15) is 23.2 Å². The lowest BCUT2D eigenvalue weighted by molar-refractivity contribution is -0.155. The summed E-state index contributed by atoms with van der Waals surface area (Å²) in [6.45, 7) is 0.664. The number of likely N-dealkylation sites (tertiary alicyclic amines) is 1. The van der Waals surface area contributed by atoms with E-state index in [0.717, 1.165) is 0 Å². The number of nitrogens with zero attached hydrogens (tertiary/aromatic N) is 1. The van der Waals surface area contributed by atoms with Gasteiger partial charge in [0.2, 0.25) is 0 Å². The third kappa shape index (κ3) is 3.21. The molecule has 1 aromatic carbocycles. The number of halogens is 1. The summed E-state index contributed by atoms with van der Waals surface area (Å²) in [5.41, 5.74) is -0.710. The molecule has 1 aromatic rings. The smallest absolute Gasteiger partial charge is 0.313 e. The molecule has 1 aliphatic heterocycles. The summed E-state index contributed by atoms with van der Waals surface area (Å²) in [5, 5.41) is 9.46. The van der Waals surface area contributed by atoms with E-state index >= 15 is 0 Å². The van der Waals surface area contributed by atoms with Crippen molar-refractivity contribution in [2.24, 2.45) is 5.41 Å². The van der Waals surface area contributed by atoms with Crippen molar-refractivity contribution in [3.8, 4) is 0 Å². The number of hydrogen-bond donors (Lipinski definition) is 1. The molecule has 0 aromatic heterocycles. The predicted octanol–water partition coefficient (Wildman–Crippen LogP) is 1.78. The molecular formula is C15H18FNO4. The Morgan fingerprint density at radius 2 is 2.05 bits per heavy atom. The van der Waals surface area contributed by atoms with Gasteiger partial charge in [-0.15, -0.1) is 0 Å². The van der Waals surface area contributed by atoms with Crippen LogP contribution < -0.4 is 0 Å². The Balaban J connectivity index is 2.18. The Bertz CT molecular complexity index is 527. The molecule has 2 rings (SSSR count). The van der Waals surface area contributed by atoms with E-state index in [-0.39, 0.29) is 19.1 Å². The summed E-state index contributed by atoms with van der Waals surface area (Å²) < 4.78 is 17.9. The highest BCUT2D eigenvalue weighted by Gasteiger charge is 2.43. The quantitative estimate of drug-likeness (QED) is 0.919. The third-order valence-corrected chi connectivity index (χ3v) is 3.83. The van der Waals surface area contributed by atoms with Gasteiger partial charge in [-0.3, -0.25) is 9.59 Å². The molecule has 0 spiro atoms. The maximum atomic E-state index is 12.9. The zero-order valence-electron chi connectivity index (χ0n) is 11.8. The second kappa shape index (κ2) is 6.22. The summed E-state index contributed by atoms with van der Waals surface area (Å²) in [6.07, 6.45) is 1.08. The van der Waals surface area contributed by atoms with Crippen molar-refractivity contribution in [3.05, 3.63) is 35.6 Å². The first kappa shape index (κ1) is 15.4. The molecule has 1 saturated heterocycles. The van der Waals surface area contributed by atoms with E-state index in [1.807, 2.05) is 0 Å². The van der Waals surface area contributed by atoms with Crippen LogP contribution in [0.3, 0.4) is 0 Å². The normalized spacial score (nSPS) is 22.1. The van der Waals surface area contributed by atoms with Gasteiger partial charge in [-0.2, -0.15) is 0 Å². The van der Waals surface area contributed by atoms with Gasteiger partial charge < -0.3 is 14.7 Å². The van der Waals surface area contributed by atoms with Crippen LogP contribution in [0, 0.1) is 11.2 Å². The van der Waals surface area contributed by atoms with E-state index in [1.165, 1.54) is 36.3 Å². The van der Waals surface area contributed by atoms with E-state index in [1.54, 1.807) is 0 Å². The van der Waals surface area contributed by atoms with Gasteiger partial charge in [0.15, 0.2) is 0 Å². The number of carboxylic acids is 1. The highest BCUT2D eigenvalue weighted by molar-refractivity contribution is 5.94. The number of piperidine rings is 1. The van der Waals surface area contributed by atoms with Crippen molar-refractivity contribution in [2.45, 2.75) is 12.8 Å². The van der Waals surface area contributed by atoms with Crippen molar-refractivity contribution in [1.29, 1.82) is 0 Å². The first-order valence-corrected chi connectivity index (χ1v) is 6.76. The van der Waals surface area contributed by atoms with E-state index in [4.69, 9.17) is 4.74 Å². The zero-order valence-corrected chi connectivity index (χ0v) is 11.8. The monoisotopic (exact) mass is 295 g/mol. The van der Waals surface area contributed by atoms with Crippen LogP contribution in [0.5, 0.6) is 0 Å². The topological polar surface area (TPSA) is 66.8 Å². The summed E-state index contributed by atoms with van der Waals surface area (Å²) in [4.78, 5) is 25.4. The molecule has 0 radical (unpaired) electrons. The van der Waals surface area contributed by atoms with Crippen LogP contribution >= 0.6 is 0 Å². The van der Waals surface area contributed by atoms with E-state index in [0.29, 0.717) is 24.9 Å². The average Bonchev–Trinajstić information content (AvgIpc) is 2.48. The van der Waals surface area contributed by atoms with E-state index < -0.39 is 17.2 Å². The first-order valence-electron chi connectivity index (χ1n) is 6.76. The molecule has 1 aliphatic rings. The maximum absolute atomic E-state index is 12.9. The number of carbonyl (C=O) groups excluding carboxylic acids is 1. The van der Waals surface area contributed by atoms with Gasteiger partial charge in [0, 0.05) is 25.8 Å². The van der Waals surface area contributed by atoms with Crippen molar-refractivity contribution in [2.75, 3.05) is 26.8 Å². The van der Waals surface area contributed by atoms with Crippen LogP contribution in [-0.4, -0.2) is 48.7 Å². The Labute approximate surface area is 122 Å². The van der Waals surface area contributed by atoms with E-state index in [2.05, 4.69) is 0 Å². The predicted molar refractivity (Wildman–Crippen MR) is 73.5 cm³/mol. The molecule has 1 heterocycles. The van der Waals surface area contributed by atoms with Crippen LogP contribution in [0.4, 0.5) is 4.39 Å². The number of benzene rings is 1. The van der Waals surface area contributed by atoms with Gasteiger partial charge in [-0.05, 0) is 37.1 Å². The van der Waals surface area contributed by atoms with Crippen LogP contribution in [-0.2, 0) is 9.53 Å². The molecule has 21 heavy (non-hydrogen) atoms. The lowest BCUT2D eigenvalue weighted by Gasteiger charge is -2.39. The molecule has 1 amide bonds. The fourth-order valence-electron chi connectivity index (χ4n) is 2.71. The van der Waals surface area contributed by atoms with Gasteiger partial charge in [-0.25, -0.2) is 4.39 Å². The number of rotatable bonds is 4. The third-order valence-electron chi connectivity index (χ3n) is 3.83. The first-order chi connectivity index (χ1) is 9.98. The van der Waals surface area contributed by atoms with Crippen molar-refractivity contribution < 1.29 is 23.8 Å². The molecule has 5 nitrogen and oxygen atoms in total. The van der Waals surface area contributed by atoms with Gasteiger partial charge in [-0.1, -0.05) is 0 Å². The van der Waals surface area contributed by atoms with Crippen molar-refractivity contribution >= 4 is 11.9 Å². The van der Waals surface area contributed by atoms with Crippen LogP contribution in [0.15, 0.2) is 24.3 Å². The highest BCUT2D eigenvalue weighted by atomic mass is 19.1. The van der Waals surface area contributed by atoms with Gasteiger partial charge in [0.05, 0.1) is 6.61 Å². The number of carboxylic acid groups (broad SMARTS) is 1. The van der Waals surface area contributed by atoms with Crippen molar-refractivity contribution in [3.63, 3.8) is 0 Å².